The number of hydrogen-bond donors (Lipinski definition) is 0. The molecular formula is C33H50F3NO2. The highest BCUT2D eigenvalue weighted by atomic mass is 19.4. The van der Waals surface area contributed by atoms with E-state index in [1.54, 1.807) is 0 Å². The fourth-order valence-corrected chi connectivity index (χ4v) is 8.12. The van der Waals surface area contributed by atoms with Gasteiger partial charge in [0, 0.05) is 30.3 Å². The first-order chi connectivity index (χ1) is 18.5. The summed E-state index contributed by atoms with van der Waals surface area (Å²) < 4.78 is 45.2. The van der Waals surface area contributed by atoms with Crippen LogP contribution < -0.4 is 0 Å². The van der Waals surface area contributed by atoms with E-state index in [2.05, 4.69) is 25.8 Å². The molecule has 39 heavy (non-hydrogen) atoms. The number of hydrogen-bond acceptors (Lipinski definition) is 3. The summed E-state index contributed by atoms with van der Waals surface area (Å²) in [4.78, 5) is 17.9. The number of ketones is 1. The van der Waals surface area contributed by atoms with Crippen LogP contribution in [0.25, 0.3) is 0 Å². The van der Waals surface area contributed by atoms with Crippen molar-refractivity contribution < 1.29 is 22.7 Å². The Balaban J connectivity index is 1.29. The smallest absolute Gasteiger partial charge is 0.381 e. The highest BCUT2D eigenvalue weighted by Crippen LogP contribution is 2.59. The number of fused-ring (bicyclic) bond motifs is 1. The minimum absolute atomic E-state index is 0.114. The average molecular weight is 550 g/mol. The van der Waals surface area contributed by atoms with Crippen LogP contribution in [0.15, 0.2) is 12.3 Å². The SMILES string of the molecule is CCCc1cc(C(F)(F)F)cnc1CCCCC(=O)C12CCCC1CC(C(C)CCC1CCOCC1(C)C)C2. The monoisotopic (exact) mass is 549 g/mol. The van der Waals surface area contributed by atoms with E-state index in [1.165, 1.54) is 38.2 Å². The van der Waals surface area contributed by atoms with Crippen LogP contribution in [0.1, 0.15) is 122 Å². The normalized spacial score (nSPS) is 29.4. The maximum atomic E-state index is 13.7. The number of ether oxygens (including phenoxy) is 1. The van der Waals surface area contributed by atoms with Crippen molar-refractivity contribution in [2.24, 2.45) is 34.5 Å². The van der Waals surface area contributed by atoms with Gasteiger partial charge in [0.25, 0.3) is 0 Å². The number of carbonyl (C=O) groups is 1. The molecular weight excluding hydrogens is 499 g/mol. The Hall–Kier alpha value is -1.43. The van der Waals surface area contributed by atoms with Crippen molar-refractivity contribution in [3.63, 3.8) is 0 Å². The van der Waals surface area contributed by atoms with Gasteiger partial charge < -0.3 is 4.74 Å². The Labute approximate surface area is 234 Å². The third-order valence-corrected chi connectivity index (χ3v) is 10.7. The van der Waals surface area contributed by atoms with Crippen LogP contribution >= 0.6 is 0 Å². The van der Waals surface area contributed by atoms with E-state index in [0.717, 1.165) is 69.5 Å². The van der Waals surface area contributed by atoms with Crippen LogP contribution in [-0.4, -0.2) is 24.0 Å². The molecule has 2 aliphatic carbocycles. The van der Waals surface area contributed by atoms with E-state index in [-0.39, 0.29) is 10.8 Å². The fraction of sp³-hybridized carbons (Fsp3) is 0.818. The van der Waals surface area contributed by atoms with Gasteiger partial charge in [-0.2, -0.15) is 13.2 Å². The molecule has 1 aromatic heterocycles. The molecule has 1 aromatic rings. The minimum Gasteiger partial charge on any atom is -0.381 e. The number of halogens is 3. The van der Waals surface area contributed by atoms with Crippen LogP contribution in [0.3, 0.4) is 0 Å². The van der Waals surface area contributed by atoms with E-state index >= 15 is 0 Å². The Morgan fingerprint density at radius 1 is 1.21 bits per heavy atom. The number of rotatable bonds is 12. The van der Waals surface area contributed by atoms with E-state index in [4.69, 9.17) is 4.74 Å². The molecule has 220 valence electrons. The molecule has 4 rings (SSSR count). The predicted molar refractivity (Wildman–Crippen MR) is 149 cm³/mol. The molecule has 0 amide bonds. The average Bonchev–Trinajstić information content (AvgIpc) is 3.45. The molecule has 0 aromatic carbocycles. The Morgan fingerprint density at radius 2 is 2.00 bits per heavy atom. The van der Waals surface area contributed by atoms with Crippen molar-refractivity contribution in [2.75, 3.05) is 13.2 Å². The number of pyridine rings is 1. The van der Waals surface area contributed by atoms with Gasteiger partial charge in [0.2, 0.25) is 0 Å². The molecule has 1 aliphatic heterocycles. The van der Waals surface area contributed by atoms with Gasteiger partial charge in [-0.25, -0.2) is 0 Å². The third-order valence-electron chi connectivity index (χ3n) is 10.7. The second-order valence-corrected chi connectivity index (χ2v) is 13.7. The van der Waals surface area contributed by atoms with Crippen LogP contribution in [0.2, 0.25) is 0 Å². The molecule has 0 spiro atoms. The van der Waals surface area contributed by atoms with Crippen LogP contribution in [0, 0.1) is 34.5 Å². The maximum Gasteiger partial charge on any atom is 0.417 e. The lowest BCUT2D eigenvalue weighted by atomic mass is 9.71. The highest BCUT2D eigenvalue weighted by molar-refractivity contribution is 5.85. The first-order valence-corrected chi connectivity index (χ1v) is 15.6. The number of unbranched alkanes of at least 4 members (excludes halogenated alkanes) is 1. The number of nitrogens with zero attached hydrogens (tertiary/aromatic N) is 1. The Morgan fingerprint density at radius 3 is 2.72 bits per heavy atom. The lowest BCUT2D eigenvalue weighted by Crippen LogP contribution is -2.35. The standard InChI is InChI=1S/C33H50F3NO2/c1-5-9-24-18-28(33(34,35)36)21-37-29(24)11-6-7-12-30(38)32-16-8-10-27(32)19-25(20-32)23(2)13-14-26-15-17-39-22-31(26,3)4/h18,21,23,25-27H,5-17,19-20,22H2,1-4H3. The van der Waals surface area contributed by atoms with Crippen LogP contribution in [0.4, 0.5) is 13.2 Å². The first-order valence-electron chi connectivity index (χ1n) is 15.6. The molecule has 0 radical (unpaired) electrons. The molecule has 5 unspecified atom stereocenters. The van der Waals surface area contributed by atoms with Crippen molar-refractivity contribution in [2.45, 2.75) is 124 Å². The lowest BCUT2D eigenvalue weighted by Gasteiger charge is -2.39. The van der Waals surface area contributed by atoms with Gasteiger partial charge in [-0.1, -0.05) is 47.0 Å². The first kappa shape index (κ1) is 30.5. The van der Waals surface area contributed by atoms with Gasteiger partial charge in [-0.3, -0.25) is 9.78 Å². The van der Waals surface area contributed by atoms with Crippen molar-refractivity contribution in [3.8, 4) is 0 Å². The van der Waals surface area contributed by atoms with Gasteiger partial charge in [0.05, 0.1) is 12.2 Å². The van der Waals surface area contributed by atoms with Gasteiger partial charge in [-0.15, -0.1) is 0 Å². The summed E-state index contributed by atoms with van der Waals surface area (Å²) >= 11 is 0. The molecule has 3 aliphatic rings. The van der Waals surface area contributed by atoms with E-state index in [0.29, 0.717) is 48.4 Å². The van der Waals surface area contributed by atoms with E-state index in [1.807, 2.05) is 6.92 Å². The molecule has 2 heterocycles. The fourth-order valence-electron chi connectivity index (χ4n) is 8.12. The van der Waals surface area contributed by atoms with Crippen molar-refractivity contribution in [1.82, 2.24) is 4.98 Å². The quantitative estimate of drug-likeness (QED) is 0.244. The van der Waals surface area contributed by atoms with Crippen LogP contribution in [-0.2, 0) is 28.5 Å². The summed E-state index contributed by atoms with van der Waals surface area (Å²) in [5, 5.41) is 0. The second-order valence-electron chi connectivity index (χ2n) is 13.7. The van der Waals surface area contributed by atoms with Crippen molar-refractivity contribution >= 4 is 5.78 Å². The van der Waals surface area contributed by atoms with Gasteiger partial charge in [0.15, 0.2) is 0 Å². The van der Waals surface area contributed by atoms with Gasteiger partial charge >= 0.3 is 6.18 Å². The van der Waals surface area contributed by atoms with E-state index in [9.17, 15) is 18.0 Å². The number of alkyl halides is 3. The van der Waals surface area contributed by atoms with Gasteiger partial charge in [-0.05, 0) is 105 Å². The topological polar surface area (TPSA) is 39.2 Å². The summed E-state index contributed by atoms with van der Waals surface area (Å²) in [6, 6.07) is 1.27. The van der Waals surface area contributed by atoms with Crippen molar-refractivity contribution in [1.29, 1.82) is 0 Å². The molecule has 5 atom stereocenters. The largest absolute Gasteiger partial charge is 0.417 e. The summed E-state index contributed by atoms with van der Waals surface area (Å²) in [7, 11) is 0. The molecule has 2 saturated carbocycles. The second kappa shape index (κ2) is 12.6. The minimum atomic E-state index is -4.37. The van der Waals surface area contributed by atoms with E-state index < -0.39 is 11.7 Å². The van der Waals surface area contributed by atoms with Gasteiger partial charge in [0.1, 0.15) is 5.78 Å². The molecule has 0 bridgehead atoms. The zero-order chi connectivity index (χ0) is 28.3. The van der Waals surface area contributed by atoms with Crippen molar-refractivity contribution in [3.05, 3.63) is 29.1 Å². The third kappa shape index (κ3) is 7.08. The summed E-state index contributed by atoms with van der Waals surface area (Å²) in [5.74, 6) is 3.03. The molecule has 1 saturated heterocycles. The number of aromatic nitrogens is 1. The zero-order valence-electron chi connectivity index (χ0n) is 24.7. The van der Waals surface area contributed by atoms with Crippen LogP contribution in [0.5, 0.6) is 0 Å². The number of Topliss-reactive ketones (excluding diaryl/α,β-unsaturated/α-hetero) is 1. The predicted octanol–water partition coefficient (Wildman–Crippen LogP) is 9.01. The number of carbonyl (C=O) groups excluding carboxylic acids is 1. The molecule has 0 N–H and O–H groups in total. The Kier molecular flexibility index (Phi) is 9.87. The summed E-state index contributed by atoms with van der Waals surface area (Å²) in [5.41, 5.74) is 0.935. The molecule has 3 nitrogen and oxygen atoms in total. The Bertz CT molecular complexity index is 974. The highest BCUT2D eigenvalue weighted by Gasteiger charge is 2.54. The summed E-state index contributed by atoms with van der Waals surface area (Å²) in [6.45, 7) is 10.8. The molecule has 3 fully saturated rings. The maximum absolute atomic E-state index is 13.7. The number of aryl methyl sites for hydroxylation is 2. The lowest BCUT2D eigenvalue weighted by molar-refractivity contribution is -0.138. The molecule has 6 heteroatoms. The summed E-state index contributed by atoms with van der Waals surface area (Å²) in [6.07, 6.45) is 10.2. The zero-order valence-corrected chi connectivity index (χ0v) is 24.7.